The molecule has 1 aromatic heterocycles. The van der Waals surface area contributed by atoms with Crippen LogP contribution in [0.1, 0.15) is 32.4 Å². The molecule has 1 fully saturated rings. The van der Waals surface area contributed by atoms with Gasteiger partial charge in [-0.05, 0) is 39.8 Å². The molecule has 1 saturated heterocycles. The van der Waals surface area contributed by atoms with Crippen molar-refractivity contribution in [2.45, 2.75) is 45.8 Å². The van der Waals surface area contributed by atoms with Crippen molar-refractivity contribution in [3.63, 3.8) is 0 Å². The van der Waals surface area contributed by atoms with Crippen molar-refractivity contribution in [1.82, 2.24) is 19.8 Å². The van der Waals surface area contributed by atoms with E-state index in [1.807, 2.05) is 12.5 Å². The van der Waals surface area contributed by atoms with E-state index in [4.69, 9.17) is 0 Å². The molecule has 0 aliphatic carbocycles. The van der Waals surface area contributed by atoms with Crippen molar-refractivity contribution in [1.29, 1.82) is 0 Å². The molecule has 1 unspecified atom stereocenters. The van der Waals surface area contributed by atoms with Crippen LogP contribution in [0, 0.1) is 0 Å². The molecule has 2 rings (SSSR count). The molecule has 96 valence electrons. The molecule has 1 aliphatic heterocycles. The van der Waals surface area contributed by atoms with Crippen molar-refractivity contribution in [3.05, 3.63) is 18.2 Å². The molecule has 0 radical (unpaired) electrons. The third kappa shape index (κ3) is 3.30. The van der Waals surface area contributed by atoms with Gasteiger partial charge in [-0.25, -0.2) is 4.98 Å². The maximum Gasteiger partial charge on any atom is 0.0948 e. The topological polar surface area (TPSA) is 33.1 Å². The first-order valence-corrected chi connectivity index (χ1v) is 6.75. The van der Waals surface area contributed by atoms with Gasteiger partial charge in [-0.15, -0.1) is 0 Å². The fourth-order valence-corrected chi connectivity index (χ4v) is 2.50. The lowest BCUT2D eigenvalue weighted by Gasteiger charge is -2.24. The van der Waals surface area contributed by atoms with Crippen LogP contribution in [0.4, 0.5) is 0 Å². The summed E-state index contributed by atoms with van der Waals surface area (Å²) in [7, 11) is 0. The molecule has 1 N–H and O–H groups in total. The number of rotatable bonds is 6. The fourth-order valence-electron chi connectivity index (χ4n) is 2.50. The molecular formula is C13H24N4. The van der Waals surface area contributed by atoms with Crippen LogP contribution in [-0.2, 0) is 13.1 Å². The van der Waals surface area contributed by atoms with Crippen LogP contribution in [0.15, 0.2) is 12.5 Å². The molecule has 1 aromatic rings. The predicted molar refractivity (Wildman–Crippen MR) is 69.9 cm³/mol. The molecule has 0 aromatic carbocycles. The van der Waals surface area contributed by atoms with E-state index in [1.165, 1.54) is 31.6 Å². The van der Waals surface area contributed by atoms with Crippen LogP contribution >= 0.6 is 0 Å². The Balaban J connectivity index is 1.71. The molecule has 1 atom stereocenters. The van der Waals surface area contributed by atoms with Gasteiger partial charge in [0.05, 0.1) is 12.0 Å². The van der Waals surface area contributed by atoms with E-state index in [2.05, 4.69) is 33.6 Å². The van der Waals surface area contributed by atoms with E-state index in [1.54, 1.807) is 0 Å². The lowest BCUT2D eigenvalue weighted by molar-refractivity contribution is 0.251. The van der Waals surface area contributed by atoms with Crippen molar-refractivity contribution in [2.24, 2.45) is 0 Å². The van der Waals surface area contributed by atoms with E-state index in [0.717, 1.165) is 19.6 Å². The Kier molecular flexibility index (Phi) is 4.57. The predicted octanol–water partition coefficient (Wildman–Crippen LogP) is 1.48. The standard InChI is InChI=1S/C13H24N4/c1-3-16-11-15-10-13(16)9-14-8-12(2)17-6-4-5-7-17/h10-12,14H,3-9H2,1-2H3. The lowest BCUT2D eigenvalue weighted by Crippen LogP contribution is -2.38. The lowest BCUT2D eigenvalue weighted by atomic mass is 10.3. The smallest absolute Gasteiger partial charge is 0.0948 e. The zero-order valence-corrected chi connectivity index (χ0v) is 11.0. The number of nitrogens with zero attached hydrogens (tertiary/aromatic N) is 3. The number of hydrogen-bond donors (Lipinski definition) is 1. The highest BCUT2D eigenvalue weighted by atomic mass is 15.2. The van der Waals surface area contributed by atoms with Crippen LogP contribution in [0.3, 0.4) is 0 Å². The first kappa shape index (κ1) is 12.6. The Bertz CT molecular complexity index is 328. The Morgan fingerprint density at radius 2 is 2.18 bits per heavy atom. The highest BCUT2D eigenvalue weighted by molar-refractivity contribution is 4.97. The van der Waals surface area contributed by atoms with Crippen molar-refractivity contribution >= 4 is 0 Å². The van der Waals surface area contributed by atoms with Gasteiger partial charge < -0.3 is 9.88 Å². The molecular weight excluding hydrogens is 212 g/mol. The van der Waals surface area contributed by atoms with Gasteiger partial charge in [-0.1, -0.05) is 0 Å². The summed E-state index contributed by atoms with van der Waals surface area (Å²) >= 11 is 0. The van der Waals surface area contributed by atoms with E-state index in [0.29, 0.717) is 6.04 Å². The van der Waals surface area contributed by atoms with Crippen LogP contribution < -0.4 is 5.32 Å². The molecule has 0 bridgehead atoms. The average molecular weight is 236 g/mol. The van der Waals surface area contributed by atoms with Gasteiger partial charge in [0, 0.05) is 31.9 Å². The Morgan fingerprint density at radius 3 is 2.88 bits per heavy atom. The zero-order valence-electron chi connectivity index (χ0n) is 11.0. The molecule has 4 heteroatoms. The van der Waals surface area contributed by atoms with E-state index in [9.17, 15) is 0 Å². The van der Waals surface area contributed by atoms with Gasteiger partial charge >= 0.3 is 0 Å². The Labute approximate surface area is 104 Å². The molecule has 17 heavy (non-hydrogen) atoms. The van der Waals surface area contributed by atoms with Crippen LogP contribution in [-0.4, -0.2) is 40.1 Å². The molecule has 2 heterocycles. The highest BCUT2D eigenvalue weighted by Crippen LogP contribution is 2.10. The first-order chi connectivity index (χ1) is 8.31. The van der Waals surface area contributed by atoms with Gasteiger partial charge in [0.2, 0.25) is 0 Å². The normalized spacial score (nSPS) is 18.7. The van der Waals surface area contributed by atoms with Gasteiger partial charge in [0.1, 0.15) is 0 Å². The number of likely N-dealkylation sites (tertiary alicyclic amines) is 1. The summed E-state index contributed by atoms with van der Waals surface area (Å²) in [6.45, 7) is 10.00. The van der Waals surface area contributed by atoms with Gasteiger partial charge in [-0.2, -0.15) is 0 Å². The van der Waals surface area contributed by atoms with Crippen LogP contribution in [0.2, 0.25) is 0 Å². The number of nitrogens with one attached hydrogen (secondary N) is 1. The molecule has 4 nitrogen and oxygen atoms in total. The summed E-state index contributed by atoms with van der Waals surface area (Å²) in [6, 6.07) is 0.649. The minimum Gasteiger partial charge on any atom is -0.334 e. The number of imidazole rings is 1. The van der Waals surface area contributed by atoms with Gasteiger partial charge in [0.15, 0.2) is 0 Å². The molecule has 1 aliphatic rings. The maximum absolute atomic E-state index is 4.18. The summed E-state index contributed by atoms with van der Waals surface area (Å²) in [4.78, 5) is 6.75. The Morgan fingerprint density at radius 1 is 1.41 bits per heavy atom. The fraction of sp³-hybridized carbons (Fsp3) is 0.769. The minimum atomic E-state index is 0.649. The maximum atomic E-state index is 4.18. The molecule has 0 spiro atoms. The third-order valence-corrected chi connectivity index (χ3v) is 3.65. The van der Waals surface area contributed by atoms with Gasteiger partial charge in [-0.3, -0.25) is 4.90 Å². The Hall–Kier alpha value is -0.870. The third-order valence-electron chi connectivity index (χ3n) is 3.65. The molecule has 0 saturated carbocycles. The second kappa shape index (κ2) is 6.17. The van der Waals surface area contributed by atoms with Crippen LogP contribution in [0.25, 0.3) is 0 Å². The summed E-state index contributed by atoms with van der Waals surface area (Å²) in [6.07, 6.45) is 6.60. The van der Waals surface area contributed by atoms with Crippen molar-refractivity contribution in [2.75, 3.05) is 19.6 Å². The van der Waals surface area contributed by atoms with Gasteiger partial charge in [0.25, 0.3) is 0 Å². The van der Waals surface area contributed by atoms with Crippen LogP contribution in [0.5, 0.6) is 0 Å². The summed E-state index contributed by atoms with van der Waals surface area (Å²) < 4.78 is 2.19. The minimum absolute atomic E-state index is 0.649. The van der Waals surface area contributed by atoms with Crippen molar-refractivity contribution in [3.8, 4) is 0 Å². The number of hydrogen-bond acceptors (Lipinski definition) is 3. The summed E-state index contributed by atoms with van der Waals surface area (Å²) in [5.74, 6) is 0. The summed E-state index contributed by atoms with van der Waals surface area (Å²) in [5, 5.41) is 3.54. The largest absolute Gasteiger partial charge is 0.334 e. The van der Waals surface area contributed by atoms with E-state index < -0.39 is 0 Å². The number of aromatic nitrogens is 2. The second-order valence-electron chi connectivity index (χ2n) is 4.89. The monoisotopic (exact) mass is 236 g/mol. The number of aryl methyl sites for hydroxylation is 1. The SMILES string of the molecule is CCn1cncc1CNCC(C)N1CCCC1. The highest BCUT2D eigenvalue weighted by Gasteiger charge is 2.17. The van der Waals surface area contributed by atoms with E-state index in [-0.39, 0.29) is 0 Å². The summed E-state index contributed by atoms with van der Waals surface area (Å²) in [5.41, 5.74) is 1.28. The van der Waals surface area contributed by atoms with Crippen molar-refractivity contribution < 1.29 is 0 Å². The van der Waals surface area contributed by atoms with E-state index >= 15 is 0 Å². The second-order valence-corrected chi connectivity index (χ2v) is 4.89. The first-order valence-electron chi connectivity index (χ1n) is 6.75. The average Bonchev–Trinajstić information content (AvgIpc) is 2.99. The quantitative estimate of drug-likeness (QED) is 0.812. The zero-order chi connectivity index (χ0) is 12.1. The molecule has 0 amide bonds.